The molecule has 4 N–H and O–H groups in total. The molecule has 2 fully saturated rings. The molecule has 0 aliphatic carbocycles. The molecular formula is C24H28ClN3O5. The highest BCUT2D eigenvalue weighted by atomic mass is 35.5. The summed E-state index contributed by atoms with van der Waals surface area (Å²) >= 11 is 0. The summed E-state index contributed by atoms with van der Waals surface area (Å²) in [6.45, 7) is 1.37. The smallest absolute Gasteiger partial charge is 0.306 e. The number of halogens is 1. The maximum atomic E-state index is 12.2. The van der Waals surface area contributed by atoms with Crippen molar-refractivity contribution in [2.45, 2.75) is 31.4 Å². The fourth-order valence-corrected chi connectivity index (χ4v) is 3.94. The monoisotopic (exact) mass is 473 g/mol. The standard InChI is InChI=1S/C24H27N3O5.ClH/c25-23(26)17-3-1-15(2-4-17)16-5-7-20(8-6-16)31-13-19-11-18(24(29)27-19)12-22(28)32-21-9-10-30-14-21;/h1-8,18-19,21H,9-14H2,(H3,25,26)(H,27,29);1H/t18-,19-,21?;/m0./s1. The van der Waals surface area contributed by atoms with Crippen LogP contribution in [0, 0.1) is 11.3 Å². The first-order valence-electron chi connectivity index (χ1n) is 10.7. The van der Waals surface area contributed by atoms with Crippen molar-refractivity contribution < 1.29 is 23.8 Å². The van der Waals surface area contributed by atoms with E-state index in [9.17, 15) is 9.59 Å². The molecule has 0 spiro atoms. The van der Waals surface area contributed by atoms with Gasteiger partial charge in [-0.3, -0.25) is 15.0 Å². The number of amides is 1. The fraction of sp³-hybridized carbons (Fsp3) is 0.375. The third kappa shape index (κ3) is 6.46. The fourth-order valence-electron chi connectivity index (χ4n) is 3.94. The number of hydrogen-bond acceptors (Lipinski definition) is 6. The zero-order chi connectivity index (χ0) is 22.5. The van der Waals surface area contributed by atoms with Gasteiger partial charge in [0, 0.05) is 12.0 Å². The summed E-state index contributed by atoms with van der Waals surface area (Å²) in [5, 5.41) is 10.4. The topological polar surface area (TPSA) is 124 Å². The number of ether oxygens (including phenoxy) is 3. The Morgan fingerprint density at radius 3 is 2.39 bits per heavy atom. The number of hydrogen-bond donors (Lipinski definition) is 3. The second kappa shape index (κ2) is 11.2. The van der Waals surface area contributed by atoms with Crippen LogP contribution in [0.4, 0.5) is 0 Å². The molecule has 33 heavy (non-hydrogen) atoms. The third-order valence-electron chi connectivity index (χ3n) is 5.72. The van der Waals surface area contributed by atoms with E-state index in [0.29, 0.717) is 44.0 Å². The molecular weight excluding hydrogens is 446 g/mol. The van der Waals surface area contributed by atoms with Gasteiger partial charge in [-0.25, -0.2) is 0 Å². The molecule has 0 saturated carbocycles. The van der Waals surface area contributed by atoms with Gasteiger partial charge in [-0.1, -0.05) is 36.4 Å². The van der Waals surface area contributed by atoms with Gasteiger partial charge in [0.1, 0.15) is 24.3 Å². The van der Waals surface area contributed by atoms with E-state index in [0.717, 1.165) is 11.1 Å². The molecule has 1 unspecified atom stereocenters. The molecule has 0 aromatic heterocycles. The molecule has 2 aromatic rings. The Hall–Kier alpha value is -3.10. The Kier molecular flexibility index (Phi) is 8.30. The minimum Gasteiger partial charge on any atom is -0.491 e. The SMILES string of the molecule is Cl.N=C(N)c1ccc(-c2ccc(OC[C@@H]3C[C@@H](CC(=O)OC4CCOC4)C(=O)N3)cc2)cc1. The average Bonchev–Trinajstić information content (AvgIpc) is 3.42. The van der Waals surface area contributed by atoms with Crippen molar-refractivity contribution >= 4 is 30.1 Å². The Morgan fingerprint density at radius 2 is 1.79 bits per heavy atom. The van der Waals surface area contributed by atoms with E-state index in [1.165, 1.54) is 0 Å². The van der Waals surface area contributed by atoms with E-state index in [4.69, 9.17) is 25.4 Å². The lowest BCUT2D eigenvalue weighted by Crippen LogP contribution is -2.31. The van der Waals surface area contributed by atoms with Gasteiger partial charge in [0.05, 0.1) is 31.6 Å². The lowest BCUT2D eigenvalue weighted by molar-refractivity contribution is -0.151. The largest absolute Gasteiger partial charge is 0.491 e. The first kappa shape index (κ1) is 24.5. The molecule has 2 aliphatic rings. The maximum absolute atomic E-state index is 12.2. The van der Waals surface area contributed by atoms with Crippen molar-refractivity contribution in [1.82, 2.24) is 5.32 Å². The van der Waals surface area contributed by atoms with Gasteiger partial charge in [-0.2, -0.15) is 0 Å². The van der Waals surface area contributed by atoms with E-state index in [2.05, 4.69) is 5.32 Å². The number of carbonyl (C=O) groups excluding carboxylic acids is 2. The second-order valence-electron chi connectivity index (χ2n) is 8.14. The van der Waals surface area contributed by atoms with Crippen LogP contribution in [-0.2, 0) is 19.1 Å². The van der Waals surface area contributed by atoms with Crippen molar-refractivity contribution in [2.24, 2.45) is 11.7 Å². The van der Waals surface area contributed by atoms with Crippen LogP contribution in [0.2, 0.25) is 0 Å². The molecule has 8 nitrogen and oxygen atoms in total. The highest BCUT2D eigenvalue weighted by Crippen LogP contribution is 2.25. The predicted molar refractivity (Wildman–Crippen MR) is 126 cm³/mol. The molecule has 2 heterocycles. The minimum atomic E-state index is -0.390. The number of nitrogens with two attached hydrogens (primary N) is 1. The van der Waals surface area contributed by atoms with Crippen LogP contribution in [-0.4, -0.2) is 49.7 Å². The number of nitrogens with one attached hydrogen (secondary N) is 2. The highest BCUT2D eigenvalue weighted by molar-refractivity contribution is 5.95. The van der Waals surface area contributed by atoms with Gasteiger partial charge in [0.25, 0.3) is 0 Å². The molecule has 9 heteroatoms. The van der Waals surface area contributed by atoms with Crippen molar-refractivity contribution in [3.05, 3.63) is 54.1 Å². The quantitative estimate of drug-likeness (QED) is 0.307. The van der Waals surface area contributed by atoms with E-state index >= 15 is 0 Å². The average molecular weight is 474 g/mol. The number of nitrogen functional groups attached to an aromatic ring is 1. The Bertz CT molecular complexity index is 975. The van der Waals surface area contributed by atoms with Crippen LogP contribution in [0.3, 0.4) is 0 Å². The molecule has 0 radical (unpaired) electrons. The van der Waals surface area contributed by atoms with Gasteiger partial charge < -0.3 is 25.3 Å². The number of esters is 1. The van der Waals surface area contributed by atoms with Crippen LogP contribution in [0.5, 0.6) is 5.75 Å². The predicted octanol–water partition coefficient (Wildman–Crippen LogP) is 2.67. The van der Waals surface area contributed by atoms with Crippen molar-refractivity contribution in [2.75, 3.05) is 19.8 Å². The Balaban J connectivity index is 0.00000306. The van der Waals surface area contributed by atoms with E-state index in [-0.39, 0.29) is 48.7 Å². The lowest BCUT2D eigenvalue weighted by Gasteiger charge is -2.13. The summed E-state index contributed by atoms with van der Waals surface area (Å²) in [5.74, 6) is -0.134. The third-order valence-corrected chi connectivity index (χ3v) is 5.72. The summed E-state index contributed by atoms with van der Waals surface area (Å²) in [7, 11) is 0. The van der Waals surface area contributed by atoms with Gasteiger partial charge in [-0.05, 0) is 29.7 Å². The zero-order valence-electron chi connectivity index (χ0n) is 18.1. The highest BCUT2D eigenvalue weighted by Gasteiger charge is 2.35. The molecule has 2 aromatic carbocycles. The molecule has 0 bridgehead atoms. The molecule has 2 aliphatic heterocycles. The molecule has 4 rings (SSSR count). The van der Waals surface area contributed by atoms with Crippen LogP contribution in [0.25, 0.3) is 11.1 Å². The Morgan fingerprint density at radius 1 is 1.12 bits per heavy atom. The van der Waals surface area contributed by atoms with Crippen molar-refractivity contribution in [3.8, 4) is 16.9 Å². The molecule has 1 amide bonds. The summed E-state index contributed by atoms with van der Waals surface area (Å²) in [6, 6.07) is 15.0. The molecule has 2 saturated heterocycles. The minimum absolute atomic E-state index is 0. The number of benzene rings is 2. The van der Waals surface area contributed by atoms with Crippen LogP contribution >= 0.6 is 12.4 Å². The number of rotatable bonds is 8. The van der Waals surface area contributed by atoms with Crippen molar-refractivity contribution in [1.29, 1.82) is 5.41 Å². The Labute approximate surface area is 198 Å². The normalized spacial score (nSPS) is 21.7. The summed E-state index contributed by atoms with van der Waals surface area (Å²) in [4.78, 5) is 24.3. The lowest BCUT2D eigenvalue weighted by atomic mass is 10.0. The zero-order valence-corrected chi connectivity index (χ0v) is 18.9. The van der Waals surface area contributed by atoms with Crippen molar-refractivity contribution in [3.63, 3.8) is 0 Å². The first-order chi connectivity index (χ1) is 15.5. The van der Waals surface area contributed by atoms with Gasteiger partial charge >= 0.3 is 5.97 Å². The second-order valence-corrected chi connectivity index (χ2v) is 8.14. The number of amidine groups is 1. The van der Waals surface area contributed by atoms with E-state index in [1.54, 1.807) is 0 Å². The van der Waals surface area contributed by atoms with Gasteiger partial charge in [0.15, 0.2) is 0 Å². The van der Waals surface area contributed by atoms with Crippen LogP contribution in [0.1, 0.15) is 24.8 Å². The number of carbonyl (C=O) groups is 2. The molecule has 3 atom stereocenters. The maximum Gasteiger partial charge on any atom is 0.306 e. The summed E-state index contributed by atoms with van der Waals surface area (Å²) < 4.78 is 16.4. The summed E-state index contributed by atoms with van der Waals surface area (Å²) in [5.41, 5.74) is 8.22. The summed E-state index contributed by atoms with van der Waals surface area (Å²) in [6.07, 6.45) is 1.13. The van der Waals surface area contributed by atoms with Crippen LogP contribution < -0.4 is 15.8 Å². The first-order valence-corrected chi connectivity index (χ1v) is 10.7. The van der Waals surface area contributed by atoms with E-state index < -0.39 is 5.92 Å². The van der Waals surface area contributed by atoms with E-state index in [1.807, 2.05) is 48.5 Å². The van der Waals surface area contributed by atoms with Gasteiger partial charge in [0.2, 0.25) is 5.91 Å². The van der Waals surface area contributed by atoms with Crippen LogP contribution in [0.15, 0.2) is 48.5 Å². The van der Waals surface area contributed by atoms with Gasteiger partial charge in [-0.15, -0.1) is 12.4 Å². The molecule has 176 valence electrons.